The van der Waals surface area contributed by atoms with Crippen LogP contribution >= 0.6 is 9.24 Å². The maximum absolute atomic E-state index is 13.4. The van der Waals surface area contributed by atoms with Gasteiger partial charge in [0.1, 0.15) is 11.5 Å². The summed E-state index contributed by atoms with van der Waals surface area (Å²) in [6.07, 6.45) is 1.73. The molecule has 0 bridgehead atoms. The quantitative estimate of drug-likeness (QED) is 0.298. The molecule has 4 aromatic rings. The van der Waals surface area contributed by atoms with Gasteiger partial charge in [0, 0.05) is 42.5 Å². The van der Waals surface area contributed by atoms with E-state index in [-0.39, 0.29) is 17.5 Å². The van der Waals surface area contributed by atoms with Gasteiger partial charge in [-0.15, -0.1) is 0 Å². The first-order valence-corrected chi connectivity index (χ1v) is 11.6. The molecule has 3 aromatic carbocycles. The predicted octanol–water partition coefficient (Wildman–Crippen LogP) is 6.51. The van der Waals surface area contributed by atoms with E-state index in [1.165, 1.54) is 33.5 Å². The van der Waals surface area contributed by atoms with Crippen molar-refractivity contribution in [1.29, 1.82) is 0 Å². The van der Waals surface area contributed by atoms with Crippen LogP contribution in [0.3, 0.4) is 0 Å². The van der Waals surface area contributed by atoms with Crippen molar-refractivity contribution in [3.63, 3.8) is 0 Å². The number of carbonyl (C=O) groups is 1. The summed E-state index contributed by atoms with van der Waals surface area (Å²) in [5.41, 5.74) is -0.811. The number of carbonyl (C=O) groups excluding carboxylic acids is 1. The smallest absolute Gasteiger partial charge is 0.283 e. The van der Waals surface area contributed by atoms with Crippen molar-refractivity contribution < 1.29 is 18.3 Å². The molecule has 2 unspecified atom stereocenters. The van der Waals surface area contributed by atoms with Crippen LogP contribution in [-0.4, -0.2) is 25.0 Å². The fourth-order valence-corrected chi connectivity index (χ4v) is 3.85. The van der Waals surface area contributed by atoms with Gasteiger partial charge < -0.3 is 15.0 Å². The highest BCUT2D eigenvalue weighted by atomic mass is 31.0. The van der Waals surface area contributed by atoms with Gasteiger partial charge in [0.15, 0.2) is 0 Å². The molecule has 0 saturated heterocycles. The molecule has 0 radical (unpaired) electrons. The van der Waals surface area contributed by atoms with Crippen molar-refractivity contribution in [1.82, 2.24) is 10.3 Å². The first kappa shape index (κ1) is 24.6. The summed E-state index contributed by atoms with van der Waals surface area (Å²) in [7, 11) is 5.43. The minimum Gasteiger partial charge on any atom is -0.457 e. The highest BCUT2D eigenvalue weighted by Crippen LogP contribution is 2.36. The average Bonchev–Trinajstić information content (AvgIpc) is 2.83. The number of nitrogens with zero attached hydrogens (tertiary/aromatic N) is 2. The summed E-state index contributed by atoms with van der Waals surface area (Å²) in [5, 5.41) is 4.63. The van der Waals surface area contributed by atoms with Gasteiger partial charge in [0.25, 0.3) is 11.6 Å². The Morgan fingerprint density at radius 2 is 1.80 bits per heavy atom. The highest BCUT2D eigenvalue weighted by molar-refractivity contribution is 7.17. The van der Waals surface area contributed by atoms with E-state index in [2.05, 4.69) is 10.3 Å². The zero-order valence-electron chi connectivity index (χ0n) is 19.6. The van der Waals surface area contributed by atoms with Gasteiger partial charge in [-0.05, 0) is 73.0 Å². The maximum atomic E-state index is 13.4. The first-order chi connectivity index (χ1) is 16.6. The third-order valence-corrected chi connectivity index (χ3v) is 5.98. The van der Waals surface area contributed by atoms with Crippen LogP contribution in [0.2, 0.25) is 0 Å². The first-order valence-electron chi connectivity index (χ1n) is 11.0. The molecule has 0 fully saturated rings. The van der Waals surface area contributed by atoms with Crippen molar-refractivity contribution in [3.05, 3.63) is 95.8 Å². The third kappa shape index (κ3) is 5.75. The number of amides is 1. The normalized spacial score (nSPS) is 12.3. The summed E-state index contributed by atoms with van der Waals surface area (Å²) in [6.45, 7) is 1.89. The lowest BCUT2D eigenvalue weighted by Crippen LogP contribution is -2.27. The Labute approximate surface area is 205 Å². The molecule has 0 aliphatic heterocycles. The van der Waals surface area contributed by atoms with Gasteiger partial charge in [0.2, 0.25) is 0 Å². The molecule has 1 heterocycles. The second-order valence-corrected chi connectivity index (χ2v) is 9.20. The lowest BCUT2D eigenvalue weighted by Gasteiger charge is -2.17. The fraction of sp³-hybridized carbons (Fsp3) is 0.185. The van der Waals surface area contributed by atoms with E-state index in [0.717, 1.165) is 22.2 Å². The van der Waals surface area contributed by atoms with E-state index in [1.807, 2.05) is 56.3 Å². The lowest BCUT2D eigenvalue weighted by atomic mass is 10.1. The Kier molecular flexibility index (Phi) is 6.99. The van der Waals surface area contributed by atoms with Crippen LogP contribution in [0, 0.1) is 0 Å². The average molecular weight is 493 g/mol. The summed E-state index contributed by atoms with van der Waals surface area (Å²) in [5.74, 6) is 0.799. The Hall–Kier alpha value is -3.57. The molecule has 1 N–H and O–H groups in total. The predicted molar refractivity (Wildman–Crippen MR) is 139 cm³/mol. The number of rotatable bonds is 7. The molecule has 1 amide bonds. The van der Waals surface area contributed by atoms with Gasteiger partial charge >= 0.3 is 0 Å². The summed E-state index contributed by atoms with van der Waals surface area (Å²) >= 11 is 0. The van der Waals surface area contributed by atoms with Crippen molar-refractivity contribution in [2.75, 3.05) is 19.0 Å². The lowest BCUT2D eigenvalue weighted by molar-refractivity contribution is 0.0938. The molecule has 4 rings (SSSR count). The molecule has 0 aliphatic rings. The Bertz CT molecular complexity index is 1350. The van der Waals surface area contributed by atoms with Crippen molar-refractivity contribution >= 4 is 31.6 Å². The van der Waals surface area contributed by atoms with E-state index >= 15 is 0 Å². The van der Waals surface area contributed by atoms with Crippen LogP contribution in [0.4, 0.5) is 14.5 Å². The van der Waals surface area contributed by atoms with Gasteiger partial charge in [-0.25, -0.2) is 0 Å². The number of ether oxygens (including phenoxy) is 1. The van der Waals surface area contributed by atoms with Crippen LogP contribution < -0.4 is 15.0 Å². The number of benzene rings is 3. The van der Waals surface area contributed by atoms with Crippen molar-refractivity contribution in [2.24, 2.45) is 0 Å². The second-order valence-electron chi connectivity index (χ2n) is 8.47. The van der Waals surface area contributed by atoms with Gasteiger partial charge in [-0.1, -0.05) is 21.4 Å². The van der Waals surface area contributed by atoms with Crippen LogP contribution in [0.5, 0.6) is 11.5 Å². The van der Waals surface area contributed by atoms with E-state index in [1.54, 1.807) is 24.4 Å². The van der Waals surface area contributed by atoms with Crippen molar-refractivity contribution in [3.8, 4) is 11.5 Å². The number of halogens is 2. The number of pyridine rings is 1. The molecule has 8 heteroatoms. The Morgan fingerprint density at radius 1 is 1.06 bits per heavy atom. The number of hydrogen-bond donors (Lipinski definition) is 1. The van der Waals surface area contributed by atoms with Crippen LogP contribution in [-0.2, 0) is 5.66 Å². The molecule has 2 atom stereocenters. The Morgan fingerprint density at radius 3 is 2.49 bits per heavy atom. The molecule has 5 nitrogen and oxygen atoms in total. The molecule has 0 spiro atoms. The Balaban J connectivity index is 1.52. The van der Waals surface area contributed by atoms with Gasteiger partial charge in [0.05, 0.1) is 11.7 Å². The minimum absolute atomic E-state index is 0.110. The molecular weight excluding hydrogens is 467 g/mol. The van der Waals surface area contributed by atoms with E-state index in [4.69, 9.17) is 4.74 Å². The molecular formula is C27H26F2N3O2P. The SMILES string of the molecule is CC(NC(=O)c1ccc2c(Oc3ccc(C(F)(F)P)cc3)cccc2c1)c1cc(N(C)C)ccn1. The number of hydrogen-bond acceptors (Lipinski definition) is 4. The summed E-state index contributed by atoms with van der Waals surface area (Å²) < 4.78 is 32.8. The second kappa shape index (κ2) is 9.96. The van der Waals surface area contributed by atoms with Crippen LogP contribution in [0.1, 0.15) is 34.6 Å². The van der Waals surface area contributed by atoms with Gasteiger partial charge in [-0.2, -0.15) is 8.78 Å². The number of fused-ring (bicyclic) bond motifs is 1. The standard InChI is InChI=1S/C27H26F2N3O2P/c1-17(24-16-21(32(2)3)13-14-30-24)31-26(33)19-7-12-23-18(15-19)5-4-6-25(23)34-22-10-8-20(9-11-22)27(28,29)35/h4-17H,35H2,1-3H3,(H,31,33). The van der Waals surface area contributed by atoms with Crippen LogP contribution in [0.15, 0.2) is 79.0 Å². The zero-order chi connectivity index (χ0) is 25.2. The molecule has 35 heavy (non-hydrogen) atoms. The third-order valence-electron chi connectivity index (χ3n) is 5.64. The number of nitrogens with one attached hydrogen (secondary N) is 1. The molecule has 0 saturated carbocycles. The van der Waals surface area contributed by atoms with Crippen LogP contribution in [0.25, 0.3) is 10.8 Å². The zero-order valence-corrected chi connectivity index (χ0v) is 20.8. The number of aromatic nitrogens is 1. The van der Waals surface area contributed by atoms with E-state index in [0.29, 0.717) is 17.1 Å². The highest BCUT2D eigenvalue weighted by Gasteiger charge is 2.24. The number of alkyl halides is 2. The monoisotopic (exact) mass is 493 g/mol. The molecule has 180 valence electrons. The number of anilines is 1. The fourth-order valence-electron chi connectivity index (χ4n) is 3.66. The van der Waals surface area contributed by atoms with Crippen molar-refractivity contribution in [2.45, 2.75) is 18.6 Å². The largest absolute Gasteiger partial charge is 0.457 e. The maximum Gasteiger partial charge on any atom is 0.283 e. The topological polar surface area (TPSA) is 54.5 Å². The van der Waals surface area contributed by atoms with E-state index < -0.39 is 5.66 Å². The van der Waals surface area contributed by atoms with E-state index in [9.17, 15) is 13.6 Å². The summed E-state index contributed by atoms with van der Waals surface area (Å²) in [4.78, 5) is 19.3. The molecule has 0 aliphatic carbocycles. The summed E-state index contributed by atoms with van der Waals surface area (Å²) in [6, 6.07) is 20.1. The molecule has 1 aromatic heterocycles. The van der Waals surface area contributed by atoms with Gasteiger partial charge in [-0.3, -0.25) is 9.78 Å². The minimum atomic E-state index is -2.99.